The number of urea groups is 1. The van der Waals surface area contributed by atoms with Crippen LogP contribution in [-0.4, -0.2) is 53.3 Å². The predicted octanol–water partition coefficient (Wildman–Crippen LogP) is 1.45. The van der Waals surface area contributed by atoms with Crippen molar-refractivity contribution in [3.63, 3.8) is 0 Å². The number of aliphatic carboxylic acids is 1. The van der Waals surface area contributed by atoms with E-state index >= 15 is 0 Å². The number of piperidine rings is 1. The third kappa shape index (κ3) is 2.90. The molecule has 6 heteroatoms. The number of rotatable bonds is 3. The van der Waals surface area contributed by atoms with Crippen LogP contribution in [0.15, 0.2) is 0 Å². The highest BCUT2D eigenvalue weighted by molar-refractivity contribution is 5.86. The summed E-state index contributed by atoms with van der Waals surface area (Å²) in [5, 5.41) is 12.3. The van der Waals surface area contributed by atoms with Gasteiger partial charge in [0.15, 0.2) is 0 Å². The first-order valence-electron chi connectivity index (χ1n) is 7.35. The summed E-state index contributed by atoms with van der Waals surface area (Å²) in [5.41, 5.74) is -1.08. The van der Waals surface area contributed by atoms with E-state index in [1.807, 2.05) is 6.92 Å². The molecule has 2 saturated heterocycles. The maximum atomic E-state index is 12.3. The normalized spacial score (nSPS) is 34.0. The monoisotopic (exact) mass is 284 g/mol. The van der Waals surface area contributed by atoms with E-state index in [4.69, 9.17) is 4.74 Å². The van der Waals surface area contributed by atoms with Gasteiger partial charge in [-0.3, -0.25) is 0 Å². The number of nitrogens with zero attached hydrogens (tertiary/aromatic N) is 1. The number of nitrogens with one attached hydrogen (secondary N) is 1. The second-order valence-electron chi connectivity index (χ2n) is 6.00. The molecular formula is C14H24N2O4. The van der Waals surface area contributed by atoms with E-state index in [-0.39, 0.29) is 12.1 Å². The highest BCUT2D eigenvalue weighted by atomic mass is 16.5. The Morgan fingerprint density at radius 3 is 2.80 bits per heavy atom. The lowest BCUT2D eigenvalue weighted by molar-refractivity contribution is -0.150. The smallest absolute Gasteiger partial charge is 0.329 e. The second kappa shape index (κ2) is 5.99. The molecule has 6 nitrogen and oxygen atoms in total. The first-order chi connectivity index (χ1) is 9.45. The van der Waals surface area contributed by atoms with E-state index in [2.05, 4.69) is 5.32 Å². The summed E-state index contributed by atoms with van der Waals surface area (Å²) in [6.45, 7) is 5.43. The Bertz CT molecular complexity index is 387. The summed E-state index contributed by atoms with van der Waals surface area (Å²) in [6.07, 6.45) is 3.32. The van der Waals surface area contributed by atoms with E-state index in [0.29, 0.717) is 25.4 Å². The Morgan fingerprint density at radius 1 is 1.45 bits per heavy atom. The number of ether oxygens (including phenoxy) is 1. The standard InChI is InChI=1S/C14H24N2O4/c1-10-11(5-8-20-10)9-15-13(19)16-7-4-3-6-14(16,2)12(17)18/h10-11H,3-9H2,1-2H3,(H,15,19)(H,17,18). The van der Waals surface area contributed by atoms with Gasteiger partial charge in [-0.25, -0.2) is 9.59 Å². The molecule has 2 N–H and O–H groups in total. The number of carbonyl (C=O) groups is 2. The summed E-state index contributed by atoms with van der Waals surface area (Å²) >= 11 is 0. The van der Waals surface area contributed by atoms with Crippen molar-refractivity contribution in [1.29, 1.82) is 0 Å². The minimum atomic E-state index is -1.08. The average molecular weight is 284 g/mol. The van der Waals surface area contributed by atoms with Gasteiger partial charge in [0.25, 0.3) is 0 Å². The molecule has 0 aromatic heterocycles. The fraction of sp³-hybridized carbons (Fsp3) is 0.857. The molecule has 0 radical (unpaired) electrons. The second-order valence-corrected chi connectivity index (χ2v) is 6.00. The SMILES string of the molecule is CC1OCCC1CNC(=O)N1CCCCC1(C)C(=O)O. The molecule has 2 rings (SSSR count). The third-order valence-corrected chi connectivity index (χ3v) is 4.65. The number of hydrogen-bond acceptors (Lipinski definition) is 3. The minimum absolute atomic E-state index is 0.155. The first-order valence-corrected chi connectivity index (χ1v) is 7.35. The molecule has 2 amide bonds. The Labute approximate surface area is 119 Å². The number of amides is 2. The van der Waals surface area contributed by atoms with E-state index in [0.717, 1.165) is 25.9 Å². The van der Waals surface area contributed by atoms with Crippen LogP contribution in [0, 0.1) is 5.92 Å². The van der Waals surface area contributed by atoms with Crippen LogP contribution < -0.4 is 5.32 Å². The van der Waals surface area contributed by atoms with E-state index < -0.39 is 11.5 Å². The lowest BCUT2D eigenvalue weighted by Crippen LogP contribution is -2.60. The molecule has 0 aromatic carbocycles. The van der Waals surface area contributed by atoms with Crippen LogP contribution in [0.4, 0.5) is 4.79 Å². The number of carboxylic acids is 1. The first kappa shape index (κ1) is 15.1. The van der Waals surface area contributed by atoms with Crippen molar-refractivity contribution in [2.24, 2.45) is 5.92 Å². The highest BCUT2D eigenvalue weighted by Gasteiger charge is 2.44. The molecule has 0 aliphatic carbocycles. The largest absolute Gasteiger partial charge is 0.480 e. The van der Waals surface area contributed by atoms with Crippen LogP contribution in [0.2, 0.25) is 0 Å². The van der Waals surface area contributed by atoms with Gasteiger partial charge in [0.1, 0.15) is 5.54 Å². The third-order valence-electron chi connectivity index (χ3n) is 4.65. The molecule has 3 atom stereocenters. The molecule has 0 aromatic rings. The van der Waals surface area contributed by atoms with Gasteiger partial charge in [0.2, 0.25) is 0 Å². The maximum Gasteiger partial charge on any atom is 0.329 e. The lowest BCUT2D eigenvalue weighted by Gasteiger charge is -2.41. The number of carboxylic acid groups (broad SMARTS) is 1. The zero-order valence-electron chi connectivity index (χ0n) is 12.2. The van der Waals surface area contributed by atoms with Crippen molar-refractivity contribution < 1.29 is 19.4 Å². The molecule has 20 heavy (non-hydrogen) atoms. The van der Waals surface area contributed by atoms with E-state index in [9.17, 15) is 14.7 Å². The van der Waals surface area contributed by atoms with Crippen LogP contribution in [0.3, 0.4) is 0 Å². The number of likely N-dealkylation sites (tertiary alicyclic amines) is 1. The van der Waals surface area contributed by atoms with Crippen LogP contribution >= 0.6 is 0 Å². The van der Waals surface area contributed by atoms with Crippen molar-refractivity contribution in [2.75, 3.05) is 19.7 Å². The summed E-state index contributed by atoms with van der Waals surface area (Å²) in [6, 6.07) is -0.270. The molecule has 0 bridgehead atoms. The molecule has 114 valence electrons. The van der Waals surface area contributed by atoms with Crippen molar-refractivity contribution in [3.05, 3.63) is 0 Å². The predicted molar refractivity (Wildman–Crippen MR) is 73.5 cm³/mol. The van der Waals surface area contributed by atoms with Gasteiger partial charge in [-0.05, 0) is 39.5 Å². The van der Waals surface area contributed by atoms with Crippen LogP contribution in [0.5, 0.6) is 0 Å². The quantitative estimate of drug-likeness (QED) is 0.822. The van der Waals surface area contributed by atoms with Crippen LogP contribution in [0.25, 0.3) is 0 Å². The van der Waals surface area contributed by atoms with Gasteiger partial charge in [-0.2, -0.15) is 0 Å². The summed E-state index contributed by atoms with van der Waals surface area (Å²) < 4.78 is 5.46. The molecule has 2 fully saturated rings. The van der Waals surface area contributed by atoms with Gasteiger partial charge in [-0.1, -0.05) is 0 Å². The van der Waals surface area contributed by atoms with Crippen molar-refractivity contribution >= 4 is 12.0 Å². The molecule has 0 spiro atoms. The summed E-state index contributed by atoms with van der Waals surface area (Å²) in [7, 11) is 0. The summed E-state index contributed by atoms with van der Waals surface area (Å²) in [4.78, 5) is 25.2. The van der Waals surface area contributed by atoms with Crippen molar-refractivity contribution in [1.82, 2.24) is 10.2 Å². The van der Waals surface area contributed by atoms with Crippen LogP contribution in [-0.2, 0) is 9.53 Å². The molecule has 0 saturated carbocycles. The van der Waals surface area contributed by atoms with Gasteiger partial charge in [0, 0.05) is 25.6 Å². The van der Waals surface area contributed by atoms with Gasteiger partial charge in [0.05, 0.1) is 6.10 Å². The highest BCUT2D eigenvalue weighted by Crippen LogP contribution is 2.28. The molecule has 3 unspecified atom stereocenters. The number of carbonyl (C=O) groups excluding carboxylic acids is 1. The van der Waals surface area contributed by atoms with Crippen molar-refractivity contribution in [2.45, 2.75) is 51.2 Å². The molecule has 2 aliphatic rings. The topological polar surface area (TPSA) is 78.9 Å². The van der Waals surface area contributed by atoms with E-state index in [1.165, 1.54) is 4.90 Å². The fourth-order valence-corrected chi connectivity index (χ4v) is 3.03. The Kier molecular flexibility index (Phi) is 4.52. The summed E-state index contributed by atoms with van der Waals surface area (Å²) in [5.74, 6) is -0.607. The maximum absolute atomic E-state index is 12.3. The zero-order chi connectivity index (χ0) is 14.8. The fourth-order valence-electron chi connectivity index (χ4n) is 3.03. The lowest BCUT2D eigenvalue weighted by atomic mass is 9.89. The Hall–Kier alpha value is -1.30. The molecule has 2 heterocycles. The number of hydrogen-bond donors (Lipinski definition) is 2. The van der Waals surface area contributed by atoms with Gasteiger partial charge in [-0.15, -0.1) is 0 Å². The minimum Gasteiger partial charge on any atom is -0.480 e. The Balaban J connectivity index is 1.94. The zero-order valence-corrected chi connectivity index (χ0v) is 12.2. The molecule has 2 aliphatic heterocycles. The molecular weight excluding hydrogens is 260 g/mol. The van der Waals surface area contributed by atoms with Gasteiger partial charge < -0.3 is 20.1 Å². The Morgan fingerprint density at radius 2 is 2.20 bits per heavy atom. The van der Waals surface area contributed by atoms with Gasteiger partial charge >= 0.3 is 12.0 Å². The van der Waals surface area contributed by atoms with E-state index in [1.54, 1.807) is 6.92 Å². The van der Waals surface area contributed by atoms with Crippen molar-refractivity contribution in [3.8, 4) is 0 Å². The average Bonchev–Trinajstić information content (AvgIpc) is 2.82. The van der Waals surface area contributed by atoms with Crippen LogP contribution in [0.1, 0.15) is 39.5 Å².